The number of rotatable bonds is 4. The van der Waals surface area contributed by atoms with Crippen molar-refractivity contribution in [3.63, 3.8) is 0 Å². The smallest absolute Gasteiger partial charge is 0.416 e. The van der Waals surface area contributed by atoms with Gasteiger partial charge in [-0.25, -0.2) is 0 Å². The zero-order chi connectivity index (χ0) is 17.2. The van der Waals surface area contributed by atoms with E-state index in [9.17, 15) is 18.0 Å². The molecule has 0 aromatic heterocycles. The van der Waals surface area contributed by atoms with Crippen molar-refractivity contribution in [1.82, 2.24) is 5.32 Å². The first-order valence-corrected chi connectivity index (χ1v) is 8.06. The molecule has 2 aliphatic rings. The van der Waals surface area contributed by atoms with Crippen LogP contribution in [0.2, 0.25) is 0 Å². The van der Waals surface area contributed by atoms with E-state index < -0.39 is 17.2 Å². The molecule has 0 aliphatic carbocycles. The van der Waals surface area contributed by atoms with Gasteiger partial charge in [0.05, 0.1) is 12.2 Å². The highest BCUT2D eigenvalue weighted by atomic mass is 19.4. The van der Waals surface area contributed by atoms with Crippen LogP contribution in [-0.4, -0.2) is 38.4 Å². The number of cyclic esters (lactones) is 1. The van der Waals surface area contributed by atoms with E-state index in [1.807, 2.05) is 0 Å². The lowest BCUT2D eigenvalue weighted by atomic mass is 9.73. The summed E-state index contributed by atoms with van der Waals surface area (Å²) in [5.41, 5.74) is -0.479. The molecule has 132 valence electrons. The zero-order valence-electron chi connectivity index (χ0n) is 13.2. The summed E-state index contributed by atoms with van der Waals surface area (Å²) in [4.78, 5) is 11.6. The molecule has 24 heavy (non-hydrogen) atoms. The first-order valence-electron chi connectivity index (χ1n) is 8.06. The average molecular weight is 343 g/mol. The lowest BCUT2D eigenvalue weighted by Gasteiger charge is -2.38. The van der Waals surface area contributed by atoms with Crippen LogP contribution in [0.1, 0.15) is 30.4 Å². The number of esters is 1. The SMILES string of the molecule is O=C1OCC[C@@H]1NCC1(c2cccc(C(F)(F)F)c2)CCOCC1. The highest BCUT2D eigenvalue weighted by Gasteiger charge is 2.38. The molecule has 1 atom stereocenters. The number of benzene rings is 1. The van der Waals surface area contributed by atoms with Gasteiger partial charge in [-0.1, -0.05) is 18.2 Å². The number of hydrogen-bond acceptors (Lipinski definition) is 4. The fraction of sp³-hybridized carbons (Fsp3) is 0.588. The highest BCUT2D eigenvalue weighted by molar-refractivity contribution is 5.77. The number of alkyl halides is 3. The Hall–Kier alpha value is -1.60. The van der Waals surface area contributed by atoms with E-state index in [1.165, 1.54) is 12.1 Å². The molecule has 2 fully saturated rings. The summed E-state index contributed by atoms with van der Waals surface area (Å²) < 4.78 is 49.5. The van der Waals surface area contributed by atoms with Crippen LogP contribution in [0.5, 0.6) is 0 Å². The van der Waals surface area contributed by atoms with E-state index >= 15 is 0 Å². The molecule has 0 saturated carbocycles. The van der Waals surface area contributed by atoms with Crippen LogP contribution in [0.15, 0.2) is 24.3 Å². The van der Waals surface area contributed by atoms with Crippen LogP contribution < -0.4 is 5.32 Å². The lowest BCUT2D eigenvalue weighted by molar-refractivity contribution is -0.140. The van der Waals surface area contributed by atoms with Gasteiger partial charge in [0.25, 0.3) is 0 Å². The predicted octanol–water partition coefficient (Wildman–Crippen LogP) is 2.66. The quantitative estimate of drug-likeness (QED) is 0.854. The summed E-state index contributed by atoms with van der Waals surface area (Å²) in [7, 11) is 0. The van der Waals surface area contributed by atoms with Crippen LogP contribution in [0, 0.1) is 0 Å². The lowest BCUT2D eigenvalue weighted by Crippen LogP contribution is -2.47. The van der Waals surface area contributed by atoms with E-state index in [-0.39, 0.29) is 12.0 Å². The van der Waals surface area contributed by atoms with Crippen molar-refractivity contribution in [3.05, 3.63) is 35.4 Å². The molecule has 2 heterocycles. The van der Waals surface area contributed by atoms with Crippen molar-refractivity contribution in [2.24, 2.45) is 0 Å². The van der Waals surface area contributed by atoms with Gasteiger partial charge >= 0.3 is 12.1 Å². The Labute approximate surface area is 138 Å². The van der Waals surface area contributed by atoms with Gasteiger partial charge in [-0.05, 0) is 24.5 Å². The number of ether oxygens (including phenoxy) is 2. The molecule has 1 aromatic rings. The third kappa shape index (κ3) is 3.57. The molecule has 0 radical (unpaired) electrons. The summed E-state index contributed by atoms with van der Waals surface area (Å²) in [6.45, 7) is 1.80. The fourth-order valence-corrected chi connectivity index (χ4v) is 3.35. The molecule has 2 saturated heterocycles. The summed E-state index contributed by atoms with van der Waals surface area (Å²) in [6.07, 6.45) is -2.55. The number of halogens is 3. The molecule has 1 N–H and O–H groups in total. The normalized spacial score (nSPS) is 24.0. The molecule has 0 spiro atoms. The molecule has 0 unspecified atom stereocenters. The third-order valence-electron chi connectivity index (χ3n) is 4.87. The second kappa shape index (κ2) is 6.72. The van der Waals surface area contributed by atoms with Gasteiger partial charge < -0.3 is 14.8 Å². The summed E-state index contributed by atoms with van der Waals surface area (Å²) >= 11 is 0. The Morgan fingerprint density at radius 3 is 2.58 bits per heavy atom. The van der Waals surface area contributed by atoms with Crippen LogP contribution in [0.25, 0.3) is 0 Å². The predicted molar refractivity (Wildman–Crippen MR) is 80.5 cm³/mol. The van der Waals surface area contributed by atoms with Crippen molar-refractivity contribution >= 4 is 5.97 Å². The van der Waals surface area contributed by atoms with Gasteiger partial charge in [0.1, 0.15) is 6.04 Å². The molecule has 7 heteroatoms. The van der Waals surface area contributed by atoms with Gasteiger partial charge in [0.15, 0.2) is 0 Å². The number of nitrogens with one attached hydrogen (secondary N) is 1. The van der Waals surface area contributed by atoms with Crippen molar-refractivity contribution < 1.29 is 27.4 Å². The van der Waals surface area contributed by atoms with Gasteiger partial charge in [0, 0.05) is 31.6 Å². The van der Waals surface area contributed by atoms with Gasteiger partial charge in [0.2, 0.25) is 0 Å². The van der Waals surface area contributed by atoms with E-state index in [1.54, 1.807) is 6.07 Å². The highest BCUT2D eigenvalue weighted by Crippen LogP contribution is 2.38. The second-order valence-electron chi connectivity index (χ2n) is 6.36. The van der Waals surface area contributed by atoms with E-state index in [0.29, 0.717) is 51.2 Å². The maximum Gasteiger partial charge on any atom is 0.416 e. The molecule has 3 rings (SSSR count). The van der Waals surface area contributed by atoms with Crippen molar-refractivity contribution in [2.45, 2.75) is 36.9 Å². The molecule has 1 aromatic carbocycles. The third-order valence-corrected chi connectivity index (χ3v) is 4.87. The summed E-state index contributed by atoms with van der Waals surface area (Å²) in [5.74, 6) is -0.291. The van der Waals surface area contributed by atoms with Crippen LogP contribution >= 0.6 is 0 Å². The molecular formula is C17H20F3NO3. The molecular weight excluding hydrogens is 323 g/mol. The zero-order valence-corrected chi connectivity index (χ0v) is 13.2. The Kier molecular flexibility index (Phi) is 4.83. The minimum absolute atomic E-state index is 0.291. The maximum atomic E-state index is 13.0. The van der Waals surface area contributed by atoms with E-state index in [4.69, 9.17) is 9.47 Å². The van der Waals surface area contributed by atoms with Gasteiger partial charge in [-0.2, -0.15) is 13.2 Å². The number of carbonyl (C=O) groups is 1. The van der Waals surface area contributed by atoms with Crippen LogP contribution in [0.3, 0.4) is 0 Å². The first-order chi connectivity index (χ1) is 11.4. The minimum Gasteiger partial charge on any atom is -0.464 e. The standard InChI is InChI=1S/C17H20F3NO3/c18-17(19,20)13-3-1-2-12(10-13)16(5-8-23-9-6-16)11-21-14-4-7-24-15(14)22/h1-3,10,14,21H,4-9,11H2/t14-/m0/s1. The van der Waals surface area contributed by atoms with Crippen molar-refractivity contribution in [2.75, 3.05) is 26.4 Å². The van der Waals surface area contributed by atoms with E-state index in [2.05, 4.69) is 5.32 Å². The molecule has 0 bridgehead atoms. The van der Waals surface area contributed by atoms with Gasteiger partial charge in [-0.3, -0.25) is 4.79 Å². The van der Waals surface area contributed by atoms with Crippen molar-refractivity contribution in [1.29, 1.82) is 0 Å². The van der Waals surface area contributed by atoms with Crippen molar-refractivity contribution in [3.8, 4) is 0 Å². The first kappa shape index (κ1) is 17.2. The average Bonchev–Trinajstić information content (AvgIpc) is 2.98. The Balaban J connectivity index is 1.84. The Morgan fingerprint density at radius 2 is 1.96 bits per heavy atom. The monoisotopic (exact) mass is 343 g/mol. The Morgan fingerprint density at radius 1 is 1.21 bits per heavy atom. The summed E-state index contributed by atoms with van der Waals surface area (Å²) in [5, 5.41) is 3.19. The largest absolute Gasteiger partial charge is 0.464 e. The van der Waals surface area contributed by atoms with Crippen LogP contribution in [0.4, 0.5) is 13.2 Å². The Bertz CT molecular complexity index is 597. The fourth-order valence-electron chi connectivity index (χ4n) is 3.35. The number of hydrogen-bond donors (Lipinski definition) is 1. The minimum atomic E-state index is -4.37. The summed E-state index contributed by atoms with van der Waals surface area (Å²) in [6, 6.07) is 5.10. The second-order valence-corrected chi connectivity index (χ2v) is 6.36. The molecule has 0 amide bonds. The molecule has 2 aliphatic heterocycles. The number of carbonyl (C=O) groups excluding carboxylic acids is 1. The van der Waals surface area contributed by atoms with E-state index in [0.717, 1.165) is 6.07 Å². The van der Waals surface area contributed by atoms with Gasteiger partial charge in [-0.15, -0.1) is 0 Å². The maximum absolute atomic E-state index is 13.0. The van der Waals surface area contributed by atoms with Crippen LogP contribution in [-0.2, 0) is 25.9 Å². The topological polar surface area (TPSA) is 47.6 Å². The molecule has 4 nitrogen and oxygen atoms in total.